The van der Waals surface area contributed by atoms with Crippen molar-refractivity contribution >= 4 is 23.0 Å². The Kier molecular flexibility index (Phi) is 5.72. The van der Waals surface area contributed by atoms with Gasteiger partial charge in [-0.15, -0.1) is 0 Å². The lowest BCUT2D eigenvalue weighted by molar-refractivity contribution is 0.415. The Morgan fingerprint density at radius 2 is 1.15 bits per heavy atom. The Labute approximate surface area is 153 Å². The first kappa shape index (κ1) is 17.4. The van der Waals surface area contributed by atoms with Crippen molar-refractivity contribution in [3.8, 4) is 11.5 Å². The second-order valence-electron chi connectivity index (χ2n) is 5.50. The van der Waals surface area contributed by atoms with E-state index in [9.17, 15) is 0 Å². The van der Waals surface area contributed by atoms with Crippen LogP contribution in [0, 0.1) is 0 Å². The van der Waals surface area contributed by atoms with Crippen molar-refractivity contribution < 1.29 is 9.47 Å². The van der Waals surface area contributed by atoms with Gasteiger partial charge in [0.05, 0.1) is 19.9 Å². The molecule has 0 saturated heterocycles. The van der Waals surface area contributed by atoms with Crippen molar-refractivity contribution in [1.29, 1.82) is 0 Å². The highest BCUT2D eigenvalue weighted by Crippen LogP contribution is 2.20. The Morgan fingerprint density at radius 3 is 1.69 bits per heavy atom. The average molecular weight is 347 g/mol. The number of anilines is 2. The van der Waals surface area contributed by atoms with Crippen LogP contribution in [0.4, 0.5) is 17.1 Å². The molecular formula is C21H21N3O2. The molecule has 0 radical (unpaired) electrons. The second kappa shape index (κ2) is 8.58. The molecular weight excluding hydrogens is 326 g/mol. The second-order valence-corrected chi connectivity index (χ2v) is 5.50. The first-order valence-electron chi connectivity index (χ1n) is 8.23. The highest BCUT2D eigenvalue weighted by atomic mass is 16.5. The lowest BCUT2D eigenvalue weighted by Gasteiger charge is -2.13. The van der Waals surface area contributed by atoms with Crippen LogP contribution in [0.3, 0.4) is 0 Å². The van der Waals surface area contributed by atoms with E-state index >= 15 is 0 Å². The Balaban J connectivity index is 1.85. The zero-order valence-corrected chi connectivity index (χ0v) is 14.8. The maximum Gasteiger partial charge on any atom is 0.205 e. The third-order valence-corrected chi connectivity index (χ3v) is 3.70. The van der Waals surface area contributed by atoms with Crippen LogP contribution in [-0.4, -0.2) is 20.2 Å². The predicted molar refractivity (Wildman–Crippen MR) is 107 cm³/mol. The molecule has 0 unspecified atom stereocenters. The summed E-state index contributed by atoms with van der Waals surface area (Å²) in [6.07, 6.45) is 0. The third-order valence-electron chi connectivity index (χ3n) is 3.70. The molecule has 2 N–H and O–H groups in total. The topological polar surface area (TPSA) is 54.9 Å². The summed E-state index contributed by atoms with van der Waals surface area (Å²) in [5.41, 5.74) is 2.66. The van der Waals surface area contributed by atoms with Crippen LogP contribution in [0.5, 0.6) is 11.5 Å². The number of hydrogen-bond donors (Lipinski definition) is 2. The molecule has 26 heavy (non-hydrogen) atoms. The van der Waals surface area contributed by atoms with Crippen LogP contribution < -0.4 is 20.1 Å². The maximum absolute atomic E-state index is 5.20. The molecule has 0 aliphatic heterocycles. The maximum atomic E-state index is 5.20. The molecule has 0 bridgehead atoms. The van der Waals surface area contributed by atoms with Gasteiger partial charge in [-0.2, -0.15) is 0 Å². The molecule has 0 spiro atoms. The third kappa shape index (κ3) is 4.77. The molecule has 3 aromatic carbocycles. The van der Waals surface area contributed by atoms with Gasteiger partial charge in [0.1, 0.15) is 11.5 Å². The van der Waals surface area contributed by atoms with E-state index in [4.69, 9.17) is 9.47 Å². The van der Waals surface area contributed by atoms with Gasteiger partial charge < -0.3 is 20.1 Å². The minimum absolute atomic E-state index is 0.617. The molecule has 0 atom stereocenters. The van der Waals surface area contributed by atoms with Gasteiger partial charge in [-0.25, -0.2) is 4.99 Å². The van der Waals surface area contributed by atoms with E-state index < -0.39 is 0 Å². The quantitative estimate of drug-likeness (QED) is 0.508. The molecule has 3 rings (SSSR count). The van der Waals surface area contributed by atoms with Gasteiger partial charge in [0.2, 0.25) is 5.96 Å². The number of guanidine groups is 1. The molecule has 0 heterocycles. The first-order chi connectivity index (χ1) is 12.8. The van der Waals surface area contributed by atoms with E-state index in [0.29, 0.717) is 5.96 Å². The van der Waals surface area contributed by atoms with E-state index in [0.717, 1.165) is 28.6 Å². The number of aliphatic imine (C=N–C) groups is 1. The summed E-state index contributed by atoms with van der Waals surface area (Å²) in [6.45, 7) is 0. The fourth-order valence-corrected chi connectivity index (χ4v) is 2.34. The molecule has 0 aliphatic rings. The summed E-state index contributed by atoms with van der Waals surface area (Å²) < 4.78 is 10.4. The van der Waals surface area contributed by atoms with Gasteiger partial charge in [-0.05, 0) is 60.7 Å². The summed E-state index contributed by atoms with van der Waals surface area (Å²) in [5.74, 6) is 2.22. The molecule has 5 nitrogen and oxygen atoms in total. The van der Waals surface area contributed by atoms with Crippen LogP contribution in [0.1, 0.15) is 0 Å². The number of rotatable bonds is 5. The van der Waals surface area contributed by atoms with Crippen molar-refractivity contribution in [3.05, 3.63) is 78.9 Å². The molecule has 132 valence electrons. The highest BCUT2D eigenvalue weighted by Gasteiger charge is 2.03. The monoisotopic (exact) mass is 347 g/mol. The zero-order chi connectivity index (χ0) is 18.2. The molecule has 0 fully saturated rings. The average Bonchev–Trinajstić information content (AvgIpc) is 2.70. The van der Waals surface area contributed by atoms with Gasteiger partial charge in [0.15, 0.2) is 0 Å². The van der Waals surface area contributed by atoms with Gasteiger partial charge in [-0.1, -0.05) is 18.2 Å². The van der Waals surface area contributed by atoms with Crippen molar-refractivity contribution in [2.75, 3.05) is 24.9 Å². The summed E-state index contributed by atoms with van der Waals surface area (Å²) in [7, 11) is 3.29. The van der Waals surface area contributed by atoms with E-state index in [2.05, 4.69) is 15.6 Å². The molecule has 3 aromatic rings. The fraction of sp³-hybridized carbons (Fsp3) is 0.0952. The van der Waals surface area contributed by atoms with Crippen LogP contribution in [0.2, 0.25) is 0 Å². The Bertz CT molecular complexity index is 845. The van der Waals surface area contributed by atoms with E-state index in [1.807, 2.05) is 78.9 Å². The van der Waals surface area contributed by atoms with Crippen molar-refractivity contribution in [1.82, 2.24) is 0 Å². The predicted octanol–water partition coefficient (Wildman–Crippen LogP) is 4.92. The zero-order valence-electron chi connectivity index (χ0n) is 14.8. The standard InChI is InChI=1S/C21H21N3O2/c1-25-19-12-8-17(9-13-19)23-21(22-16-6-4-3-5-7-16)24-18-10-14-20(26-2)15-11-18/h3-15H,1-2H3,(H2,22,23,24). The van der Waals surface area contributed by atoms with Crippen LogP contribution >= 0.6 is 0 Å². The first-order valence-corrected chi connectivity index (χ1v) is 8.23. The van der Waals surface area contributed by atoms with Crippen molar-refractivity contribution in [2.45, 2.75) is 0 Å². The summed E-state index contributed by atoms with van der Waals surface area (Å²) >= 11 is 0. The van der Waals surface area contributed by atoms with Crippen LogP contribution in [0.25, 0.3) is 0 Å². The molecule has 0 amide bonds. The number of nitrogens with zero attached hydrogens (tertiary/aromatic N) is 1. The SMILES string of the molecule is COc1ccc(N=C(Nc2ccccc2)Nc2ccc(OC)cc2)cc1. The van der Waals surface area contributed by atoms with Gasteiger partial charge in [0.25, 0.3) is 0 Å². The van der Waals surface area contributed by atoms with Crippen LogP contribution in [0.15, 0.2) is 83.9 Å². The number of ether oxygens (including phenoxy) is 2. The lowest BCUT2D eigenvalue weighted by Crippen LogP contribution is -2.21. The van der Waals surface area contributed by atoms with Crippen LogP contribution in [-0.2, 0) is 0 Å². The number of benzene rings is 3. The van der Waals surface area contributed by atoms with Gasteiger partial charge in [-0.3, -0.25) is 0 Å². The van der Waals surface area contributed by atoms with Gasteiger partial charge >= 0.3 is 0 Å². The fourth-order valence-electron chi connectivity index (χ4n) is 2.34. The Hall–Kier alpha value is -3.47. The Morgan fingerprint density at radius 1 is 0.654 bits per heavy atom. The molecule has 0 saturated carbocycles. The molecule has 0 aliphatic carbocycles. The van der Waals surface area contributed by atoms with Crippen molar-refractivity contribution in [3.63, 3.8) is 0 Å². The normalized spacial score (nSPS) is 10.9. The van der Waals surface area contributed by atoms with Crippen molar-refractivity contribution in [2.24, 2.45) is 4.99 Å². The largest absolute Gasteiger partial charge is 0.497 e. The van der Waals surface area contributed by atoms with E-state index in [-0.39, 0.29) is 0 Å². The number of methoxy groups -OCH3 is 2. The van der Waals surface area contributed by atoms with E-state index in [1.54, 1.807) is 14.2 Å². The minimum Gasteiger partial charge on any atom is -0.497 e. The summed E-state index contributed by atoms with van der Waals surface area (Å²) in [6, 6.07) is 25.1. The smallest absolute Gasteiger partial charge is 0.205 e. The number of nitrogens with one attached hydrogen (secondary N) is 2. The summed E-state index contributed by atoms with van der Waals surface area (Å²) in [5, 5.41) is 6.62. The summed E-state index contributed by atoms with van der Waals surface area (Å²) in [4.78, 5) is 4.67. The van der Waals surface area contributed by atoms with E-state index in [1.165, 1.54) is 0 Å². The molecule has 0 aromatic heterocycles. The minimum atomic E-state index is 0.617. The highest BCUT2D eigenvalue weighted by molar-refractivity contribution is 6.04. The number of para-hydroxylation sites is 1. The molecule has 5 heteroatoms. The number of hydrogen-bond acceptors (Lipinski definition) is 3. The van der Waals surface area contributed by atoms with Gasteiger partial charge in [0, 0.05) is 11.4 Å². The lowest BCUT2D eigenvalue weighted by atomic mass is 10.3.